The Morgan fingerprint density at radius 1 is 0.735 bits per heavy atom. The maximum Gasteiger partial charge on any atom is 0.416 e. The van der Waals surface area contributed by atoms with Crippen molar-refractivity contribution in [1.82, 2.24) is 4.90 Å². The van der Waals surface area contributed by atoms with Crippen molar-refractivity contribution in [3.63, 3.8) is 0 Å². The third-order valence-electron chi connectivity index (χ3n) is 5.53. The molecule has 0 unspecified atom stereocenters. The number of nitrogens with zero attached hydrogens (tertiary/aromatic N) is 2. The molecule has 9 heteroatoms. The molecule has 3 aromatic rings. The molecule has 3 aromatic carbocycles. The first-order chi connectivity index (χ1) is 16.3. The second-order valence-electron chi connectivity index (χ2n) is 7.85. The lowest BCUT2D eigenvalue weighted by atomic mass is 10.1. The number of para-hydroxylation sites is 1. The molecule has 3 amide bonds. The lowest BCUT2D eigenvalue weighted by Crippen LogP contribution is -2.50. The molecule has 1 aliphatic rings. The molecule has 0 aromatic heterocycles. The monoisotopic (exact) mass is 468 g/mol. The second kappa shape index (κ2) is 9.86. The molecule has 1 fully saturated rings. The lowest BCUT2D eigenvalue weighted by molar-refractivity contribution is -0.137. The summed E-state index contributed by atoms with van der Waals surface area (Å²) in [5.74, 6) is -0.614. The van der Waals surface area contributed by atoms with Crippen molar-refractivity contribution in [2.75, 3.05) is 41.7 Å². The van der Waals surface area contributed by atoms with E-state index in [0.29, 0.717) is 31.9 Å². The number of carbonyl (C=O) groups is 2. The van der Waals surface area contributed by atoms with Crippen LogP contribution in [0.25, 0.3) is 0 Å². The third kappa shape index (κ3) is 5.67. The SMILES string of the molecule is O=C(Nc1ccc(N2CCN(C(=O)Nc3ccccc3)CC2)cc1)c1cccc(C(F)(F)F)c1. The van der Waals surface area contributed by atoms with Crippen molar-refractivity contribution < 1.29 is 22.8 Å². The maximum atomic E-state index is 12.9. The fraction of sp³-hybridized carbons (Fsp3) is 0.200. The van der Waals surface area contributed by atoms with E-state index in [4.69, 9.17) is 0 Å². The van der Waals surface area contributed by atoms with Crippen molar-refractivity contribution in [2.45, 2.75) is 6.18 Å². The van der Waals surface area contributed by atoms with Gasteiger partial charge in [0.25, 0.3) is 5.91 Å². The van der Waals surface area contributed by atoms with E-state index >= 15 is 0 Å². The van der Waals surface area contributed by atoms with Gasteiger partial charge in [0, 0.05) is 48.8 Å². The quantitative estimate of drug-likeness (QED) is 0.545. The number of amides is 3. The minimum absolute atomic E-state index is 0.0659. The average molecular weight is 468 g/mol. The number of carbonyl (C=O) groups excluding carboxylic acids is 2. The number of anilines is 3. The summed E-state index contributed by atoms with van der Waals surface area (Å²) in [4.78, 5) is 28.7. The summed E-state index contributed by atoms with van der Waals surface area (Å²) in [5.41, 5.74) is 1.22. The number of alkyl halides is 3. The van der Waals surface area contributed by atoms with Gasteiger partial charge in [0.1, 0.15) is 0 Å². The predicted molar refractivity (Wildman–Crippen MR) is 125 cm³/mol. The van der Waals surface area contributed by atoms with Crippen LogP contribution in [-0.4, -0.2) is 43.0 Å². The van der Waals surface area contributed by atoms with Crippen LogP contribution in [0.3, 0.4) is 0 Å². The third-order valence-corrected chi connectivity index (χ3v) is 5.53. The van der Waals surface area contributed by atoms with E-state index in [2.05, 4.69) is 15.5 Å². The molecule has 6 nitrogen and oxygen atoms in total. The van der Waals surface area contributed by atoms with Gasteiger partial charge in [0.2, 0.25) is 0 Å². The maximum absolute atomic E-state index is 12.9. The number of benzene rings is 3. The van der Waals surface area contributed by atoms with Gasteiger partial charge in [-0.05, 0) is 54.6 Å². The number of nitrogens with one attached hydrogen (secondary N) is 2. The van der Waals surface area contributed by atoms with Gasteiger partial charge in [0.15, 0.2) is 0 Å². The van der Waals surface area contributed by atoms with E-state index in [9.17, 15) is 22.8 Å². The zero-order valence-electron chi connectivity index (χ0n) is 18.2. The Morgan fingerprint density at radius 2 is 1.38 bits per heavy atom. The fourth-order valence-electron chi connectivity index (χ4n) is 3.69. The van der Waals surface area contributed by atoms with E-state index in [1.165, 1.54) is 12.1 Å². The van der Waals surface area contributed by atoms with Crippen molar-refractivity contribution >= 4 is 29.0 Å². The summed E-state index contributed by atoms with van der Waals surface area (Å²) in [6.07, 6.45) is -4.51. The Kier molecular flexibility index (Phi) is 6.72. The zero-order chi connectivity index (χ0) is 24.1. The average Bonchev–Trinajstić information content (AvgIpc) is 2.85. The molecule has 1 heterocycles. The van der Waals surface area contributed by atoms with E-state index in [0.717, 1.165) is 23.5 Å². The molecule has 1 aliphatic heterocycles. The topological polar surface area (TPSA) is 64.7 Å². The van der Waals surface area contributed by atoms with Crippen LogP contribution in [0.4, 0.5) is 35.0 Å². The van der Waals surface area contributed by atoms with Crippen molar-refractivity contribution in [3.05, 3.63) is 90.0 Å². The van der Waals surface area contributed by atoms with Gasteiger partial charge in [-0.15, -0.1) is 0 Å². The number of rotatable bonds is 4. The van der Waals surface area contributed by atoms with E-state index in [1.807, 2.05) is 42.5 Å². The molecule has 0 spiro atoms. The molecule has 1 saturated heterocycles. The summed E-state index contributed by atoms with van der Waals surface area (Å²) in [6.45, 7) is 2.43. The fourth-order valence-corrected chi connectivity index (χ4v) is 3.69. The first-order valence-electron chi connectivity index (χ1n) is 10.7. The Morgan fingerprint density at radius 3 is 2.03 bits per heavy atom. The number of urea groups is 1. The number of hydrogen-bond acceptors (Lipinski definition) is 3. The molecule has 2 N–H and O–H groups in total. The molecule has 0 radical (unpaired) electrons. The van der Waals surface area contributed by atoms with Gasteiger partial charge in [-0.3, -0.25) is 4.79 Å². The first-order valence-corrected chi connectivity index (χ1v) is 10.7. The van der Waals surface area contributed by atoms with Gasteiger partial charge >= 0.3 is 12.2 Å². The zero-order valence-corrected chi connectivity index (χ0v) is 18.2. The summed E-state index contributed by atoms with van der Waals surface area (Å²) in [5, 5.41) is 5.51. The molecule has 34 heavy (non-hydrogen) atoms. The van der Waals surface area contributed by atoms with Crippen LogP contribution in [-0.2, 0) is 6.18 Å². The summed E-state index contributed by atoms with van der Waals surface area (Å²) in [6, 6.07) is 20.5. The molecule has 176 valence electrons. The number of halogens is 3. The van der Waals surface area contributed by atoms with Crippen LogP contribution in [0.1, 0.15) is 15.9 Å². The molecule has 4 rings (SSSR count). The van der Waals surface area contributed by atoms with Crippen molar-refractivity contribution in [3.8, 4) is 0 Å². The van der Waals surface area contributed by atoms with Crippen LogP contribution in [0.15, 0.2) is 78.9 Å². The Bertz CT molecular complexity index is 1140. The Labute approximate surface area is 195 Å². The summed E-state index contributed by atoms with van der Waals surface area (Å²) in [7, 11) is 0. The van der Waals surface area contributed by atoms with Gasteiger partial charge < -0.3 is 20.4 Å². The Balaban J connectivity index is 1.31. The molecular formula is C25H23F3N4O2. The van der Waals surface area contributed by atoms with Gasteiger partial charge in [-0.1, -0.05) is 24.3 Å². The highest BCUT2D eigenvalue weighted by atomic mass is 19.4. The highest BCUT2D eigenvalue weighted by Crippen LogP contribution is 2.29. The smallest absolute Gasteiger partial charge is 0.368 e. The van der Waals surface area contributed by atoms with Crippen LogP contribution in [0.5, 0.6) is 0 Å². The largest absolute Gasteiger partial charge is 0.416 e. The van der Waals surface area contributed by atoms with Gasteiger partial charge in [-0.25, -0.2) is 4.79 Å². The lowest BCUT2D eigenvalue weighted by Gasteiger charge is -2.36. The summed E-state index contributed by atoms with van der Waals surface area (Å²) < 4.78 is 38.7. The highest BCUT2D eigenvalue weighted by molar-refractivity contribution is 6.04. The van der Waals surface area contributed by atoms with Crippen LogP contribution in [0, 0.1) is 0 Å². The molecule has 0 atom stereocenters. The molecular weight excluding hydrogens is 445 g/mol. The van der Waals surface area contributed by atoms with E-state index < -0.39 is 17.6 Å². The Hall–Kier alpha value is -4.01. The van der Waals surface area contributed by atoms with Crippen molar-refractivity contribution in [2.24, 2.45) is 0 Å². The minimum Gasteiger partial charge on any atom is -0.368 e. The predicted octanol–water partition coefficient (Wildman–Crippen LogP) is 5.31. The highest BCUT2D eigenvalue weighted by Gasteiger charge is 2.31. The van der Waals surface area contributed by atoms with Crippen LogP contribution >= 0.6 is 0 Å². The summed E-state index contributed by atoms with van der Waals surface area (Å²) >= 11 is 0. The molecule has 0 saturated carbocycles. The minimum atomic E-state index is -4.51. The number of piperazine rings is 1. The normalized spacial score (nSPS) is 14.0. The van der Waals surface area contributed by atoms with Crippen LogP contribution < -0.4 is 15.5 Å². The van der Waals surface area contributed by atoms with E-state index in [1.54, 1.807) is 17.0 Å². The van der Waals surface area contributed by atoms with Gasteiger partial charge in [-0.2, -0.15) is 13.2 Å². The number of hydrogen-bond donors (Lipinski definition) is 2. The molecule has 0 bridgehead atoms. The van der Waals surface area contributed by atoms with Gasteiger partial charge in [0.05, 0.1) is 5.56 Å². The first kappa shape index (κ1) is 23.2. The van der Waals surface area contributed by atoms with Crippen molar-refractivity contribution in [1.29, 1.82) is 0 Å². The molecule has 0 aliphatic carbocycles. The van der Waals surface area contributed by atoms with Crippen LogP contribution in [0.2, 0.25) is 0 Å². The second-order valence-corrected chi connectivity index (χ2v) is 7.85. The van der Waals surface area contributed by atoms with E-state index in [-0.39, 0.29) is 11.6 Å². The standard InChI is InChI=1S/C25H23F3N4O2/c26-25(27,28)19-6-4-5-18(17-19)23(33)29-21-9-11-22(12-10-21)31-13-15-32(16-14-31)24(34)30-20-7-2-1-3-8-20/h1-12,17H,13-16H2,(H,29,33)(H,30,34).